The summed E-state index contributed by atoms with van der Waals surface area (Å²) in [5.41, 5.74) is 2.88. The van der Waals surface area contributed by atoms with Gasteiger partial charge in [-0.25, -0.2) is 4.39 Å². The lowest BCUT2D eigenvalue weighted by molar-refractivity contribution is 0.0734. The summed E-state index contributed by atoms with van der Waals surface area (Å²) in [7, 11) is 0. The Morgan fingerprint density at radius 2 is 2.08 bits per heavy atom. The Kier molecular flexibility index (Phi) is 3.86. The molecule has 1 fully saturated rings. The number of H-pyrrole nitrogens is 1. The lowest BCUT2D eigenvalue weighted by Crippen LogP contribution is -2.49. The van der Waals surface area contributed by atoms with Gasteiger partial charge in [0.05, 0.1) is 36.2 Å². The van der Waals surface area contributed by atoms with Crippen molar-refractivity contribution in [2.75, 3.05) is 31.1 Å². The molecule has 0 unspecified atom stereocenters. The number of fused-ring (bicyclic) bond motifs is 1. The Morgan fingerprint density at radius 1 is 1.28 bits per heavy atom. The number of nitrogens with zero attached hydrogens (tertiary/aromatic N) is 4. The van der Waals surface area contributed by atoms with Crippen molar-refractivity contribution in [2.45, 2.75) is 13.2 Å². The lowest BCUT2D eigenvalue weighted by atomic mass is 10.1. The number of rotatable bonds is 2. The van der Waals surface area contributed by atoms with E-state index in [4.69, 9.17) is 10.00 Å². The molecule has 7 nitrogen and oxygen atoms in total. The number of amides is 1. The zero-order valence-electron chi connectivity index (χ0n) is 13.5. The summed E-state index contributed by atoms with van der Waals surface area (Å²) in [5.74, 6) is -0.538. The predicted octanol–water partition coefficient (Wildman–Crippen LogP) is 1.41. The molecule has 2 aliphatic heterocycles. The van der Waals surface area contributed by atoms with E-state index in [9.17, 15) is 9.18 Å². The third-order valence-corrected chi connectivity index (χ3v) is 4.63. The summed E-state index contributed by atoms with van der Waals surface area (Å²) in [5, 5.41) is 15.8. The molecule has 25 heavy (non-hydrogen) atoms. The Balaban J connectivity index is 1.45. The van der Waals surface area contributed by atoms with Gasteiger partial charge in [0.15, 0.2) is 5.69 Å². The third kappa shape index (κ3) is 2.72. The van der Waals surface area contributed by atoms with Crippen molar-refractivity contribution in [2.24, 2.45) is 0 Å². The highest BCUT2D eigenvalue weighted by molar-refractivity contribution is 5.94. The van der Waals surface area contributed by atoms with E-state index in [1.54, 1.807) is 17.0 Å². The fourth-order valence-corrected chi connectivity index (χ4v) is 3.24. The van der Waals surface area contributed by atoms with Crippen molar-refractivity contribution in [3.63, 3.8) is 0 Å². The molecule has 1 aromatic heterocycles. The van der Waals surface area contributed by atoms with Gasteiger partial charge in [0.25, 0.3) is 5.91 Å². The van der Waals surface area contributed by atoms with Crippen molar-refractivity contribution in [1.29, 1.82) is 5.26 Å². The van der Waals surface area contributed by atoms with E-state index in [0.717, 1.165) is 11.3 Å². The molecule has 8 heteroatoms. The maximum atomic E-state index is 14.1. The van der Waals surface area contributed by atoms with Crippen LogP contribution in [0.2, 0.25) is 0 Å². The molecule has 2 aliphatic rings. The van der Waals surface area contributed by atoms with Gasteiger partial charge in [0, 0.05) is 31.7 Å². The van der Waals surface area contributed by atoms with E-state index in [1.807, 2.05) is 11.0 Å². The van der Waals surface area contributed by atoms with Crippen LogP contribution < -0.4 is 4.90 Å². The first-order chi connectivity index (χ1) is 12.2. The average Bonchev–Trinajstić information content (AvgIpc) is 3.25. The van der Waals surface area contributed by atoms with Crippen LogP contribution in [0.4, 0.5) is 10.1 Å². The fraction of sp³-hybridized carbons (Fsp3) is 0.353. The first-order valence-electron chi connectivity index (χ1n) is 8.05. The molecule has 0 radical (unpaired) electrons. The molecule has 128 valence electrons. The number of anilines is 1. The van der Waals surface area contributed by atoms with E-state index in [1.165, 1.54) is 6.07 Å². The Bertz CT molecular complexity index is 864. The van der Waals surface area contributed by atoms with Crippen LogP contribution in [0.1, 0.15) is 27.3 Å². The van der Waals surface area contributed by atoms with Gasteiger partial charge in [-0.1, -0.05) is 0 Å². The molecule has 1 amide bonds. The van der Waals surface area contributed by atoms with Gasteiger partial charge in [-0.2, -0.15) is 10.4 Å². The summed E-state index contributed by atoms with van der Waals surface area (Å²) in [6.07, 6.45) is 0. The van der Waals surface area contributed by atoms with Crippen molar-refractivity contribution >= 4 is 11.6 Å². The molecule has 0 atom stereocenters. The highest BCUT2D eigenvalue weighted by atomic mass is 19.1. The second-order valence-corrected chi connectivity index (χ2v) is 6.08. The standard InChI is InChI=1S/C17H16FN5O2/c18-13-7-11(8-19)1-2-15(13)22-3-5-23(6-4-22)17(24)16-12-9-25-10-14(12)20-21-16/h1-2,7H,3-6,9-10H2,(H,20,21). The number of ether oxygens (including phenoxy) is 1. The predicted molar refractivity (Wildman–Crippen MR) is 86.3 cm³/mol. The molecule has 0 aliphatic carbocycles. The fourth-order valence-electron chi connectivity index (χ4n) is 3.24. The van der Waals surface area contributed by atoms with Crippen LogP contribution in [0.5, 0.6) is 0 Å². The van der Waals surface area contributed by atoms with Crippen molar-refractivity contribution in [1.82, 2.24) is 15.1 Å². The number of piperazine rings is 1. The topological polar surface area (TPSA) is 85.3 Å². The van der Waals surface area contributed by atoms with Gasteiger partial charge in [0.1, 0.15) is 5.82 Å². The van der Waals surface area contributed by atoms with Crippen LogP contribution in [0.15, 0.2) is 18.2 Å². The summed E-state index contributed by atoms with van der Waals surface area (Å²) in [6.45, 7) is 2.89. The minimum absolute atomic E-state index is 0.122. The summed E-state index contributed by atoms with van der Waals surface area (Å²) >= 11 is 0. The quantitative estimate of drug-likeness (QED) is 0.893. The second kappa shape index (κ2) is 6.18. The van der Waals surface area contributed by atoms with Gasteiger partial charge in [-0.15, -0.1) is 0 Å². The van der Waals surface area contributed by atoms with Gasteiger partial charge < -0.3 is 14.5 Å². The molecule has 3 heterocycles. The Labute approximate surface area is 143 Å². The highest BCUT2D eigenvalue weighted by Gasteiger charge is 2.29. The maximum absolute atomic E-state index is 14.1. The first-order valence-corrected chi connectivity index (χ1v) is 8.05. The van der Waals surface area contributed by atoms with Crippen LogP contribution in [0, 0.1) is 17.1 Å². The van der Waals surface area contributed by atoms with Gasteiger partial charge in [0.2, 0.25) is 0 Å². The van der Waals surface area contributed by atoms with Crippen LogP contribution >= 0.6 is 0 Å². The number of nitrogens with one attached hydrogen (secondary N) is 1. The van der Waals surface area contributed by atoms with E-state index in [0.29, 0.717) is 56.3 Å². The monoisotopic (exact) mass is 341 g/mol. The average molecular weight is 341 g/mol. The molecular weight excluding hydrogens is 325 g/mol. The zero-order chi connectivity index (χ0) is 17.4. The van der Waals surface area contributed by atoms with Gasteiger partial charge in [-0.3, -0.25) is 9.89 Å². The number of nitriles is 1. The number of aromatic nitrogens is 2. The molecule has 1 saturated heterocycles. The first kappa shape index (κ1) is 15.6. The summed E-state index contributed by atoms with van der Waals surface area (Å²) in [4.78, 5) is 16.3. The highest BCUT2D eigenvalue weighted by Crippen LogP contribution is 2.24. The zero-order valence-corrected chi connectivity index (χ0v) is 13.5. The molecule has 4 rings (SSSR count). The van der Waals surface area contributed by atoms with Crippen molar-refractivity contribution in [3.05, 3.63) is 46.5 Å². The van der Waals surface area contributed by atoms with E-state index in [2.05, 4.69) is 10.2 Å². The van der Waals surface area contributed by atoms with Crippen LogP contribution in [-0.4, -0.2) is 47.2 Å². The van der Waals surface area contributed by atoms with Crippen molar-refractivity contribution in [3.8, 4) is 6.07 Å². The van der Waals surface area contributed by atoms with E-state index >= 15 is 0 Å². The van der Waals surface area contributed by atoms with Crippen LogP contribution in [0.3, 0.4) is 0 Å². The SMILES string of the molecule is N#Cc1ccc(N2CCN(C(=O)c3n[nH]c4c3COC4)CC2)c(F)c1. The smallest absolute Gasteiger partial charge is 0.274 e. The molecule has 2 aromatic rings. The number of hydrogen-bond donors (Lipinski definition) is 1. The molecule has 0 bridgehead atoms. The second-order valence-electron chi connectivity index (χ2n) is 6.08. The molecule has 0 saturated carbocycles. The molecular formula is C17H16FN5O2. The number of carbonyl (C=O) groups excluding carboxylic acids is 1. The number of halogens is 1. The number of carbonyl (C=O) groups is 1. The summed E-state index contributed by atoms with van der Waals surface area (Å²) in [6, 6.07) is 6.37. The van der Waals surface area contributed by atoms with Crippen molar-refractivity contribution < 1.29 is 13.9 Å². The number of hydrogen-bond acceptors (Lipinski definition) is 5. The van der Waals surface area contributed by atoms with E-state index in [-0.39, 0.29) is 5.91 Å². The van der Waals surface area contributed by atoms with Crippen LogP contribution in [0.25, 0.3) is 0 Å². The Hall–Kier alpha value is -2.92. The molecule has 1 N–H and O–H groups in total. The van der Waals surface area contributed by atoms with Crippen LogP contribution in [-0.2, 0) is 18.0 Å². The molecule has 1 aromatic carbocycles. The Morgan fingerprint density at radius 3 is 2.80 bits per heavy atom. The molecule has 0 spiro atoms. The maximum Gasteiger partial charge on any atom is 0.274 e. The third-order valence-electron chi connectivity index (χ3n) is 4.63. The largest absolute Gasteiger partial charge is 0.370 e. The lowest BCUT2D eigenvalue weighted by Gasteiger charge is -2.36. The summed E-state index contributed by atoms with van der Waals surface area (Å²) < 4.78 is 19.5. The number of benzene rings is 1. The van der Waals surface area contributed by atoms with Gasteiger partial charge >= 0.3 is 0 Å². The number of aromatic amines is 1. The minimum Gasteiger partial charge on any atom is -0.370 e. The minimum atomic E-state index is -0.416. The normalized spacial score (nSPS) is 16.6. The van der Waals surface area contributed by atoms with Gasteiger partial charge in [-0.05, 0) is 18.2 Å². The van der Waals surface area contributed by atoms with E-state index < -0.39 is 5.82 Å².